The van der Waals surface area contributed by atoms with E-state index in [1.165, 1.54) is 12.1 Å². The minimum absolute atomic E-state index is 0.0265. The highest BCUT2D eigenvalue weighted by Gasteiger charge is 2.17. The Hall–Kier alpha value is -3.87. The van der Waals surface area contributed by atoms with Crippen molar-refractivity contribution in [1.29, 1.82) is 0 Å². The van der Waals surface area contributed by atoms with Crippen LogP contribution in [0.3, 0.4) is 0 Å². The number of halogens is 1. The lowest BCUT2D eigenvalue weighted by Gasteiger charge is -2.22. The summed E-state index contributed by atoms with van der Waals surface area (Å²) < 4.78 is 18.6. The molecule has 1 amide bonds. The molecule has 2 heterocycles. The zero-order valence-electron chi connectivity index (χ0n) is 17.5. The Morgan fingerprint density at radius 1 is 0.875 bits per heavy atom. The number of carbonyl (C=O) groups is 1. The summed E-state index contributed by atoms with van der Waals surface area (Å²) in [5, 5.41) is 4.03. The van der Waals surface area contributed by atoms with Crippen molar-refractivity contribution in [3.63, 3.8) is 0 Å². The van der Waals surface area contributed by atoms with Crippen LogP contribution in [0, 0.1) is 5.82 Å². The maximum Gasteiger partial charge on any atom is 0.228 e. The molecule has 0 aliphatic heterocycles. The Morgan fingerprint density at radius 3 is 2.34 bits per heavy atom. The van der Waals surface area contributed by atoms with Crippen LogP contribution in [-0.4, -0.2) is 39.0 Å². The molecule has 2 aromatic carbocycles. The Labute approximate surface area is 185 Å². The van der Waals surface area contributed by atoms with Gasteiger partial charge in [-0.15, -0.1) is 0 Å². The molecule has 162 valence electrons. The van der Waals surface area contributed by atoms with Crippen LogP contribution in [0.2, 0.25) is 0 Å². The second-order valence-electron chi connectivity index (χ2n) is 7.42. The number of aromatic nitrogens is 3. The predicted octanol–water partition coefficient (Wildman–Crippen LogP) is 4.13. The quantitative estimate of drug-likeness (QED) is 0.399. The fraction of sp³-hybridized carbons (Fsp3) is 0.200. The second kappa shape index (κ2) is 10.4. The van der Waals surface area contributed by atoms with E-state index in [1.807, 2.05) is 42.5 Å². The maximum absolute atomic E-state index is 13.2. The number of hydrogen-bond acceptors (Lipinski definition) is 5. The summed E-state index contributed by atoms with van der Waals surface area (Å²) in [6.45, 7) is 1.01. The smallest absolute Gasteiger partial charge is 0.228 e. The molecule has 0 N–H and O–H groups in total. The molecule has 0 atom stereocenters. The number of nitrogens with zero attached hydrogens (tertiary/aromatic N) is 4. The van der Waals surface area contributed by atoms with Gasteiger partial charge in [0.1, 0.15) is 5.82 Å². The van der Waals surface area contributed by atoms with Gasteiger partial charge in [0.05, 0.1) is 6.42 Å². The van der Waals surface area contributed by atoms with Gasteiger partial charge in [-0.05, 0) is 41.8 Å². The van der Waals surface area contributed by atoms with E-state index in [0.29, 0.717) is 31.2 Å². The van der Waals surface area contributed by atoms with Crippen molar-refractivity contribution in [2.24, 2.45) is 0 Å². The molecule has 7 heteroatoms. The third-order valence-corrected chi connectivity index (χ3v) is 5.14. The summed E-state index contributed by atoms with van der Waals surface area (Å²) in [5.41, 5.74) is 2.76. The maximum atomic E-state index is 13.2. The third kappa shape index (κ3) is 5.85. The lowest BCUT2D eigenvalue weighted by atomic mass is 10.1. The first-order chi connectivity index (χ1) is 15.7. The van der Waals surface area contributed by atoms with Gasteiger partial charge < -0.3 is 9.42 Å². The molecule has 4 aromatic rings. The Morgan fingerprint density at radius 2 is 1.59 bits per heavy atom. The summed E-state index contributed by atoms with van der Waals surface area (Å²) in [4.78, 5) is 23.3. The molecular weight excluding hydrogens is 407 g/mol. The fourth-order valence-electron chi connectivity index (χ4n) is 3.36. The Kier molecular flexibility index (Phi) is 6.97. The summed E-state index contributed by atoms with van der Waals surface area (Å²) in [7, 11) is 0. The molecule has 0 aliphatic rings. The molecule has 0 aliphatic carbocycles. The summed E-state index contributed by atoms with van der Waals surface area (Å²) in [6, 6.07) is 19.7. The number of rotatable bonds is 9. The zero-order valence-corrected chi connectivity index (χ0v) is 17.5. The lowest BCUT2D eigenvalue weighted by molar-refractivity contribution is -0.130. The van der Waals surface area contributed by atoms with Crippen molar-refractivity contribution >= 4 is 5.91 Å². The monoisotopic (exact) mass is 430 g/mol. The van der Waals surface area contributed by atoms with Gasteiger partial charge in [0.25, 0.3) is 0 Å². The van der Waals surface area contributed by atoms with Crippen molar-refractivity contribution in [2.45, 2.75) is 19.3 Å². The average Bonchev–Trinajstić information content (AvgIpc) is 3.31. The number of benzene rings is 2. The molecule has 0 saturated heterocycles. The zero-order chi connectivity index (χ0) is 22.2. The molecular formula is C25H23FN4O2. The van der Waals surface area contributed by atoms with Gasteiger partial charge in [0, 0.05) is 37.5 Å². The van der Waals surface area contributed by atoms with E-state index < -0.39 is 0 Å². The van der Waals surface area contributed by atoms with E-state index in [-0.39, 0.29) is 18.1 Å². The van der Waals surface area contributed by atoms with Crippen LogP contribution in [0.4, 0.5) is 4.39 Å². The van der Waals surface area contributed by atoms with Gasteiger partial charge >= 0.3 is 0 Å². The third-order valence-electron chi connectivity index (χ3n) is 5.14. The van der Waals surface area contributed by atoms with Gasteiger partial charge in [0.2, 0.25) is 17.6 Å². The van der Waals surface area contributed by atoms with Crippen LogP contribution in [0.1, 0.15) is 17.0 Å². The summed E-state index contributed by atoms with van der Waals surface area (Å²) in [6.07, 6.45) is 4.74. The fourth-order valence-corrected chi connectivity index (χ4v) is 3.36. The van der Waals surface area contributed by atoms with Crippen molar-refractivity contribution < 1.29 is 13.7 Å². The molecule has 0 spiro atoms. The number of pyridine rings is 1. The van der Waals surface area contributed by atoms with Crippen molar-refractivity contribution in [2.75, 3.05) is 13.1 Å². The van der Waals surface area contributed by atoms with Gasteiger partial charge in [-0.1, -0.05) is 47.6 Å². The van der Waals surface area contributed by atoms with Gasteiger partial charge in [-0.2, -0.15) is 4.98 Å². The molecule has 0 radical (unpaired) electrons. The largest absolute Gasteiger partial charge is 0.342 e. The number of carbonyl (C=O) groups excluding carboxylic acids is 1. The van der Waals surface area contributed by atoms with E-state index in [2.05, 4.69) is 15.1 Å². The van der Waals surface area contributed by atoms with Crippen molar-refractivity contribution in [3.8, 4) is 11.4 Å². The van der Waals surface area contributed by atoms with Gasteiger partial charge in [-0.25, -0.2) is 4.39 Å². The minimum Gasteiger partial charge on any atom is -0.342 e. The highest BCUT2D eigenvalue weighted by atomic mass is 19.1. The molecule has 4 rings (SSSR count). The van der Waals surface area contributed by atoms with Gasteiger partial charge in [0.15, 0.2) is 0 Å². The van der Waals surface area contributed by atoms with E-state index in [1.54, 1.807) is 29.4 Å². The lowest BCUT2D eigenvalue weighted by Crippen LogP contribution is -2.36. The summed E-state index contributed by atoms with van der Waals surface area (Å²) in [5.74, 6) is 0.622. The van der Waals surface area contributed by atoms with Crippen LogP contribution in [0.5, 0.6) is 0 Å². The van der Waals surface area contributed by atoms with E-state index in [0.717, 1.165) is 23.1 Å². The highest BCUT2D eigenvalue weighted by molar-refractivity contribution is 5.78. The van der Waals surface area contributed by atoms with Gasteiger partial charge in [-0.3, -0.25) is 9.78 Å². The molecule has 2 aromatic heterocycles. The van der Waals surface area contributed by atoms with Crippen molar-refractivity contribution in [1.82, 2.24) is 20.0 Å². The topological polar surface area (TPSA) is 72.1 Å². The molecule has 6 nitrogen and oxygen atoms in total. The second-order valence-corrected chi connectivity index (χ2v) is 7.42. The molecule has 0 unspecified atom stereocenters. The van der Waals surface area contributed by atoms with E-state index in [9.17, 15) is 9.18 Å². The van der Waals surface area contributed by atoms with Crippen LogP contribution >= 0.6 is 0 Å². The standard InChI is InChI=1S/C25H23FN4O2/c26-22-8-6-20(7-9-22)18-24(31)30(16-12-19-4-2-1-3-5-19)17-13-23-28-25(29-32-23)21-10-14-27-15-11-21/h1-11,14-15H,12-13,16-18H2. The first-order valence-electron chi connectivity index (χ1n) is 10.5. The molecule has 0 fully saturated rings. The van der Waals surface area contributed by atoms with Crippen LogP contribution in [0.25, 0.3) is 11.4 Å². The van der Waals surface area contributed by atoms with Crippen molar-refractivity contribution in [3.05, 3.63) is 102 Å². The SMILES string of the molecule is O=C(Cc1ccc(F)cc1)N(CCc1ccccc1)CCc1nc(-c2ccncc2)no1. The number of hydrogen-bond donors (Lipinski definition) is 0. The molecule has 0 bridgehead atoms. The van der Waals surface area contributed by atoms with Crippen LogP contribution in [0.15, 0.2) is 83.6 Å². The predicted molar refractivity (Wildman–Crippen MR) is 118 cm³/mol. The molecule has 0 saturated carbocycles. The normalized spacial score (nSPS) is 10.8. The Balaban J connectivity index is 1.42. The average molecular weight is 430 g/mol. The number of amides is 1. The van der Waals surface area contributed by atoms with Crippen LogP contribution < -0.4 is 0 Å². The van der Waals surface area contributed by atoms with E-state index >= 15 is 0 Å². The highest BCUT2D eigenvalue weighted by Crippen LogP contribution is 2.15. The first-order valence-corrected chi connectivity index (χ1v) is 10.5. The van der Waals surface area contributed by atoms with Crippen LogP contribution in [-0.2, 0) is 24.1 Å². The first kappa shape index (κ1) is 21.4. The Bertz CT molecular complexity index is 1130. The molecule has 32 heavy (non-hydrogen) atoms. The minimum atomic E-state index is -0.316. The summed E-state index contributed by atoms with van der Waals surface area (Å²) >= 11 is 0. The van der Waals surface area contributed by atoms with E-state index in [4.69, 9.17) is 4.52 Å².